The van der Waals surface area contributed by atoms with E-state index in [4.69, 9.17) is 9.47 Å². The summed E-state index contributed by atoms with van der Waals surface area (Å²) in [4.78, 5) is 20.5. The van der Waals surface area contributed by atoms with E-state index in [1.165, 1.54) is 22.0 Å². The molecule has 0 radical (unpaired) electrons. The minimum atomic E-state index is -0.231. The number of methoxy groups -OCH3 is 2. The third-order valence-corrected chi connectivity index (χ3v) is 10.2. The standard InChI is InChI=1S/C32H43N3O3/c1-31(2)19-28-32(12-14-34(15-13-32)20-22-10-11-23-8-6-7-9-24(23)16-22)33(3)30(36)35(28)21-25-17-26(37-4)18-27(38-5)29(25)31/h6-11,16,19,25-27,29H,12-15,17-18,20-21H2,1-5H3/t25-,26-,27?,29?/m0/s1. The molecule has 3 fully saturated rings. The van der Waals surface area contributed by atoms with Crippen LogP contribution in [-0.2, 0) is 16.0 Å². The van der Waals surface area contributed by atoms with E-state index in [1.54, 1.807) is 7.11 Å². The maximum absolute atomic E-state index is 13.8. The number of amides is 2. The van der Waals surface area contributed by atoms with Gasteiger partial charge < -0.3 is 14.4 Å². The first kappa shape index (κ1) is 25.8. The van der Waals surface area contributed by atoms with Crippen molar-refractivity contribution in [2.45, 2.75) is 63.8 Å². The number of nitrogens with zero attached hydrogens (tertiary/aromatic N) is 3. The number of likely N-dealkylation sites (N-methyl/N-ethyl adjacent to an activating group) is 1. The number of benzene rings is 2. The molecule has 2 unspecified atom stereocenters. The van der Waals surface area contributed by atoms with Crippen LogP contribution in [0.4, 0.5) is 4.79 Å². The number of urea groups is 1. The predicted octanol–water partition coefficient (Wildman–Crippen LogP) is 5.52. The first-order chi connectivity index (χ1) is 18.3. The van der Waals surface area contributed by atoms with Crippen molar-refractivity contribution in [3.8, 4) is 0 Å². The van der Waals surface area contributed by atoms with Gasteiger partial charge in [0, 0.05) is 59.6 Å². The molecule has 1 aliphatic carbocycles. The van der Waals surface area contributed by atoms with E-state index in [9.17, 15) is 4.79 Å². The van der Waals surface area contributed by atoms with Crippen molar-refractivity contribution in [3.05, 3.63) is 59.8 Å². The fraction of sp³-hybridized carbons (Fsp3) is 0.594. The molecular weight excluding hydrogens is 474 g/mol. The normalized spacial score (nSPS) is 30.8. The fourth-order valence-electron chi connectivity index (χ4n) is 8.23. The molecule has 3 heterocycles. The second-order valence-corrected chi connectivity index (χ2v) is 12.7. The Morgan fingerprint density at radius 1 is 0.974 bits per heavy atom. The van der Waals surface area contributed by atoms with E-state index in [1.807, 2.05) is 14.2 Å². The predicted molar refractivity (Wildman–Crippen MR) is 151 cm³/mol. The van der Waals surface area contributed by atoms with E-state index in [2.05, 4.69) is 77.1 Å². The SMILES string of the molecule is COC1C[C@@H](OC)C[C@H]2CN3C(=O)N(C)C4(CCN(Cc5ccc6ccccc6c5)CC4)C3=CC(C)(C)C12. The Balaban J connectivity index is 1.25. The molecule has 0 aromatic heterocycles. The second-order valence-electron chi connectivity index (χ2n) is 12.7. The molecule has 3 aliphatic heterocycles. The summed E-state index contributed by atoms with van der Waals surface area (Å²) in [5, 5.41) is 2.59. The molecular formula is C32H43N3O3. The van der Waals surface area contributed by atoms with Gasteiger partial charge in [0.1, 0.15) is 0 Å². The van der Waals surface area contributed by atoms with Crippen molar-refractivity contribution in [1.82, 2.24) is 14.7 Å². The smallest absolute Gasteiger partial charge is 0.324 e. The van der Waals surface area contributed by atoms with Gasteiger partial charge in [0.15, 0.2) is 0 Å². The Labute approximate surface area is 227 Å². The molecule has 0 N–H and O–H groups in total. The maximum atomic E-state index is 13.8. The van der Waals surface area contributed by atoms with Gasteiger partial charge in [-0.1, -0.05) is 56.3 Å². The van der Waals surface area contributed by atoms with Gasteiger partial charge in [0.25, 0.3) is 0 Å². The molecule has 1 spiro atoms. The van der Waals surface area contributed by atoms with Gasteiger partial charge in [-0.05, 0) is 58.9 Å². The van der Waals surface area contributed by atoms with E-state index < -0.39 is 0 Å². The monoisotopic (exact) mass is 517 g/mol. The van der Waals surface area contributed by atoms with Gasteiger partial charge in [-0.15, -0.1) is 0 Å². The van der Waals surface area contributed by atoms with Gasteiger partial charge in [-0.2, -0.15) is 0 Å². The van der Waals surface area contributed by atoms with E-state index in [0.717, 1.165) is 51.9 Å². The quantitative estimate of drug-likeness (QED) is 0.536. The number of hydrogen-bond acceptors (Lipinski definition) is 4. The Kier molecular flexibility index (Phi) is 6.56. The number of likely N-dealkylation sites (tertiary alicyclic amines) is 1. The Hall–Kier alpha value is -2.41. The van der Waals surface area contributed by atoms with Gasteiger partial charge in [0.2, 0.25) is 0 Å². The van der Waals surface area contributed by atoms with Gasteiger partial charge >= 0.3 is 6.03 Å². The van der Waals surface area contributed by atoms with Crippen LogP contribution in [0.25, 0.3) is 10.8 Å². The fourth-order valence-corrected chi connectivity index (χ4v) is 8.23. The zero-order chi connectivity index (χ0) is 26.7. The summed E-state index contributed by atoms with van der Waals surface area (Å²) in [7, 11) is 5.66. The minimum absolute atomic E-state index is 0.0746. The molecule has 1 saturated carbocycles. The number of rotatable bonds is 4. The average molecular weight is 518 g/mol. The lowest BCUT2D eigenvalue weighted by atomic mass is 9.63. The highest BCUT2D eigenvalue weighted by molar-refractivity contribution is 5.83. The summed E-state index contributed by atoms with van der Waals surface area (Å²) >= 11 is 0. The van der Waals surface area contributed by atoms with Crippen LogP contribution in [0.2, 0.25) is 0 Å². The third kappa shape index (κ3) is 4.16. The van der Waals surface area contributed by atoms with Crippen molar-refractivity contribution >= 4 is 16.8 Å². The lowest BCUT2D eigenvalue weighted by molar-refractivity contribution is -0.0937. The summed E-state index contributed by atoms with van der Waals surface area (Å²) in [6.07, 6.45) is 6.60. The van der Waals surface area contributed by atoms with Crippen LogP contribution < -0.4 is 0 Å². The number of hydrogen-bond donors (Lipinski definition) is 0. The third-order valence-electron chi connectivity index (χ3n) is 10.2. The van der Waals surface area contributed by atoms with Crippen LogP contribution in [0.15, 0.2) is 54.2 Å². The summed E-state index contributed by atoms with van der Waals surface area (Å²) < 4.78 is 11.9. The van der Waals surface area contributed by atoms with Crippen LogP contribution >= 0.6 is 0 Å². The Morgan fingerprint density at radius 3 is 2.42 bits per heavy atom. The van der Waals surface area contributed by atoms with Crippen LogP contribution in [0, 0.1) is 17.3 Å². The highest BCUT2D eigenvalue weighted by Crippen LogP contribution is 2.53. The van der Waals surface area contributed by atoms with Gasteiger partial charge in [-0.3, -0.25) is 9.80 Å². The first-order valence-corrected chi connectivity index (χ1v) is 14.3. The number of carbonyl (C=O) groups excluding carboxylic acids is 1. The number of fused-ring (bicyclic) bond motifs is 4. The molecule has 2 saturated heterocycles. The topological polar surface area (TPSA) is 45.3 Å². The van der Waals surface area contributed by atoms with Crippen LogP contribution in [0.3, 0.4) is 0 Å². The molecule has 38 heavy (non-hydrogen) atoms. The highest BCUT2D eigenvalue weighted by atomic mass is 16.5. The van der Waals surface area contributed by atoms with E-state index in [0.29, 0.717) is 11.8 Å². The zero-order valence-electron chi connectivity index (χ0n) is 23.7. The summed E-state index contributed by atoms with van der Waals surface area (Å²) in [5.41, 5.74) is 2.28. The van der Waals surface area contributed by atoms with Crippen molar-refractivity contribution in [2.24, 2.45) is 17.3 Å². The molecule has 4 aliphatic rings. The van der Waals surface area contributed by atoms with Crippen molar-refractivity contribution in [2.75, 3.05) is 40.9 Å². The van der Waals surface area contributed by atoms with Crippen molar-refractivity contribution in [3.63, 3.8) is 0 Å². The number of ether oxygens (including phenoxy) is 2. The molecule has 2 amide bonds. The van der Waals surface area contributed by atoms with E-state index in [-0.39, 0.29) is 29.2 Å². The molecule has 0 bridgehead atoms. The largest absolute Gasteiger partial charge is 0.381 e. The molecule has 6 heteroatoms. The number of piperidine rings is 1. The summed E-state index contributed by atoms with van der Waals surface area (Å²) in [6, 6.07) is 15.5. The minimum Gasteiger partial charge on any atom is -0.381 e. The van der Waals surface area contributed by atoms with Crippen molar-refractivity contribution < 1.29 is 14.3 Å². The molecule has 4 atom stereocenters. The van der Waals surface area contributed by atoms with E-state index >= 15 is 0 Å². The Bertz CT molecular complexity index is 1230. The first-order valence-electron chi connectivity index (χ1n) is 14.3. The van der Waals surface area contributed by atoms with Crippen LogP contribution in [-0.4, -0.2) is 79.4 Å². The molecule has 204 valence electrons. The molecule has 2 aromatic carbocycles. The lowest BCUT2D eigenvalue weighted by Crippen LogP contribution is -2.52. The number of carbonyl (C=O) groups is 1. The van der Waals surface area contributed by atoms with Gasteiger partial charge in [0.05, 0.1) is 17.7 Å². The zero-order valence-corrected chi connectivity index (χ0v) is 23.7. The average Bonchev–Trinajstić information content (AvgIpc) is 3.02. The molecule has 6 nitrogen and oxygen atoms in total. The van der Waals surface area contributed by atoms with Crippen LogP contribution in [0.1, 0.15) is 45.1 Å². The summed E-state index contributed by atoms with van der Waals surface area (Å²) in [6.45, 7) is 8.37. The molecule has 2 aromatic rings. The van der Waals surface area contributed by atoms with Crippen molar-refractivity contribution in [1.29, 1.82) is 0 Å². The second kappa shape index (κ2) is 9.65. The lowest BCUT2D eigenvalue weighted by Gasteiger charge is -2.47. The summed E-state index contributed by atoms with van der Waals surface area (Å²) in [5.74, 6) is 0.711. The van der Waals surface area contributed by atoms with Gasteiger partial charge in [-0.25, -0.2) is 4.79 Å². The van der Waals surface area contributed by atoms with Crippen LogP contribution in [0.5, 0.6) is 0 Å². The Morgan fingerprint density at radius 2 is 1.71 bits per heavy atom. The highest BCUT2D eigenvalue weighted by Gasteiger charge is 2.57. The molecule has 6 rings (SSSR count). The maximum Gasteiger partial charge on any atom is 0.324 e. The number of allylic oxidation sites excluding steroid dienone is 1.